The highest BCUT2D eigenvalue weighted by atomic mass is 19.1. The van der Waals surface area contributed by atoms with Gasteiger partial charge >= 0.3 is 11.9 Å². The van der Waals surface area contributed by atoms with Crippen molar-refractivity contribution in [1.29, 1.82) is 0 Å². The number of carboxylic acid groups (broad SMARTS) is 2. The summed E-state index contributed by atoms with van der Waals surface area (Å²) in [4.78, 5) is 34.8. The average molecular weight is 460 g/mol. The first-order valence-electron chi connectivity index (χ1n) is 11.9. The molecular weight excluding hydrogens is 429 g/mol. The highest BCUT2D eigenvalue weighted by molar-refractivity contribution is 5.98. The molecule has 1 atom stereocenters. The Bertz CT molecular complexity index is 952. The molecule has 0 spiro atoms. The van der Waals surface area contributed by atoms with Crippen molar-refractivity contribution in [1.82, 2.24) is 5.32 Å². The van der Waals surface area contributed by atoms with E-state index >= 15 is 0 Å². The van der Waals surface area contributed by atoms with Gasteiger partial charge in [-0.2, -0.15) is 0 Å². The largest absolute Gasteiger partial charge is 0.493 e. The summed E-state index contributed by atoms with van der Waals surface area (Å²) in [5.74, 6) is -1.54. The summed E-state index contributed by atoms with van der Waals surface area (Å²) in [6, 6.07) is 1.07. The van der Waals surface area contributed by atoms with Crippen LogP contribution in [0.2, 0.25) is 0 Å². The van der Waals surface area contributed by atoms with Crippen molar-refractivity contribution in [2.75, 3.05) is 6.61 Å². The topological polar surface area (TPSA) is 113 Å². The summed E-state index contributed by atoms with van der Waals surface area (Å²) in [6.07, 6.45) is 8.63. The Kier molecular flexibility index (Phi) is 5.57. The second kappa shape index (κ2) is 8.29. The van der Waals surface area contributed by atoms with Gasteiger partial charge in [0.25, 0.3) is 5.91 Å². The molecule has 5 aliphatic rings. The minimum atomic E-state index is -1.63. The quantitative estimate of drug-likeness (QED) is 0.515. The fourth-order valence-electron chi connectivity index (χ4n) is 6.89. The second-order valence-corrected chi connectivity index (χ2v) is 10.8. The number of benzene rings is 1. The molecule has 4 bridgehead atoms. The lowest BCUT2D eigenvalue weighted by atomic mass is 9.50. The zero-order valence-electron chi connectivity index (χ0n) is 18.5. The third-order valence-electron chi connectivity index (χ3n) is 8.04. The fraction of sp³-hybridized carbons (Fsp3) is 0.640. The van der Waals surface area contributed by atoms with Crippen LogP contribution in [0.15, 0.2) is 12.1 Å². The van der Waals surface area contributed by atoms with Crippen molar-refractivity contribution in [3.8, 4) is 5.75 Å². The van der Waals surface area contributed by atoms with Gasteiger partial charge in [-0.25, -0.2) is 9.18 Å². The number of halogens is 1. The van der Waals surface area contributed by atoms with E-state index in [1.54, 1.807) is 0 Å². The highest BCUT2D eigenvalue weighted by Gasteiger charge is 2.51. The van der Waals surface area contributed by atoms with Crippen LogP contribution >= 0.6 is 0 Å². The van der Waals surface area contributed by atoms with E-state index in [0.717, 1.165) is 36.2 Å². The van der Waals surface area contributed by atoms with Crippen molar-refractivity contribution in [2.24, 2.45) is 23.2 Å². The monoisotopic (exact) mass is 459 g/mol. The molecule has 3 N–H and O–H groups in total. The van der Waals surface area contributed by atoms with Crippen molar-refractivity contribution >= 4 is 17.8 Å². The second-order valence-electron chi connectivity index (χ2n) is 10.8. The number of carbonyl (C=O) groups is 3. The number of hydrogen-bond acceptors (Lipinski definition) is 4. The Morgan fingerprint density at radius 2 is 1.67 bits per heavy atom. The van der Waals surface area contributed by atoms with Crippen molar-refractivity contribution in [2.45, 2.75) is 69.7 Å². The summed E-state index contributed by atoms with van der Waals surface area (Å²) in [7, 11) is 0. The van der Waals surface area contributed by atoms with Crippen molar-refractivity contribution < 1.29 is 33.7 Å². The molecule has 1 unspecified atom stereocenters. The third kappa shape index (κ3) is 4.57. The summed E-state index contributed by atoms with van der Waals surface area (Å²) in [6.45, 7) is 0.570. The maximum Gasteiger partial charge on any atom is 0.326 e. The number of hydrogen-bond donors (Lipinski definition) is 3. The Labute approximate surface area is 191 Å². The van der Waals surface area contributed by atoms with E-state index < -0.39 is 36.1 Å². The fourth-order valence-corrected chi connectivity index (χ4v) is 6.89. The molecule has 0 heterocycles. The average Bonchev–Trinajstić information content (AvgIpc) is 3.55. The highest BCUT2D eigenvalue weighted by Crippen LogP contribution is 2.60. The van der Waals surface area contributed by atoms with Gasteiger partial charge in [-0.3, -0.25) is 9.59 Å². The van der Waals surface area contributed by atoms with Gasteiger partial charge < -0.3 is 20.3 Å². The van der Waals surface area contributed by atoms with E-state index in [2.05, 4.69) is 5.32 Å². The van der Waals surface area contributed by atoms with Crippen LogP contribution in [0, 0.1) is 29.0 Å². The summed E-state index contributed by atoms with van der Waals surface area (Å²) >= 11 is 0. The van der Waals surface area contributed by atoms with Crippen LogP contribution in [0.1, 0.15) is 79.6 Å². The Hall–Kier alpha value is -2.64. The maximum absolute atomic E-state index is 15.0. The van der Waals surface area contributed by atoms with Crippen LogP contribution in [-0.4, -0.2) is 40.7 Å². The van der Waals surface area contributed by atoms with Gasteiger partial charge in [0.15, 0.2) is 0 Å². The molecule has 33 heavy (non-hydrogen) atoms. The molecule has 0 saturated heterocycles. The van der Waals surface area contributed by atoms with Crippen LogP contribution in [0.3, 0.4) is 0 Å². The molecule has 178 valence electrons. The van der Waals surface area contributed by atoms with Gasteiger partial charge in [-0.1, -0.05) is 0 Å². The summed E-state index contributed by atoms with van der Waals surface area (Å²) in [5.41, 5.74) is 0.667. The molecule has 5 fully saturated rings. The molecule has 0 radical (unpaired) electrons. The lowest BCUT2D eigenvalue weighted by Gasteiger charge is -2.56. The number of carbonyl (C=O) groups excluding carboxylic acids is 1. The molecule has 5 aliphatic carbocycles. The predicted octanol–water partition coefficient (Wildman–Crippen LogP) is 3.96. The minimum absolute atomic E-state index is 0.174. The number of nitrogens with one attached hydrogen (secondary N) is 1. The Balaban J connectivity index is 1.33. The van der Waals surface area contributed by atoms with Gasteiger partial charge in [0, 0.05) is 11.5 Å². The summed E-state index contributed by atoms with van der Waals surface area (Å²) < 4.78 is 21.2. The number of aliphatic carboxylic acids is 2. The van der Waals surface area contributed by atoms with Crippen LogP contribution in [0.25, 0.3) is 0 Å². The smallest absolute Gasteiger partial charge is 0.326 e. The normalized spacial score (nSPS) is 30.6. The first-order valence-corrected chi connectivity index (χ1v) is 11.9. The predicted molar refractivity (Wildman–Crippen MR) is 116 cm³/mol. The number of rotatable bonds is 9. The molecule has 7 nitrogen and oxygen atoms in total. The van der Waals surface area contributed by atoms with E-state index in [1.165, 1.54) is 50.7 Å². The molecule has 6 rings (SSSR count). The molecule has 1 amide bonds. The zero-order chi connectivity index (χ0) is 23.3. The SMILES string of the molecule is O=C(O)CC(NC(=O)c1cc(C2CC2)c(OCC23CC4CC(CC(C4)C2)C3)cc1F)C(=O)O. The van der Waals surface area contributed by atoms with E-state index in [4.69, 9.17) is 9.84 Å². The molecule has 0 aliphatic heterocycles. The van der Waals surface area contributed by atoms with Crippen LogP contribution in [0.5, 0.6) is 5.75 Å². The van der Waals surface area contributed by atoms with E-state index in [1.807, 2.05) is 0 Å². The molecule has 1 aromatic carbocycles. The number of carboxylic acids is 2. The lowest BCUT2D eigenvalue weighted by molar-refractivity contribution is -0.145. The third-order valence-corrected chi connectivity index (χ3v) is 8.04. The minimum Gasteiger partial charge on any atom is -0.493 e. The standard InChI is InChI=1S/C25H30FNO6/c26-19-7-21(33-12-25-9-13-3-14(10-25)5-15(4-13)11-25)17(16-1-2-16)6-18(19)23(30)27-20(24(31)32)8-22(28)29/h6-7,13-16,20H,1-5,8-12H2,(H,27,30)(H,28,29)(H,31,32). The Morgan fingerprint density at radius 3 is 2.18 bits per heavy atom. The van der Waals surface area contributed by atoms with Crippen LogP contribution in [0.4, 0.5) is 4.39 Å². The van der Waals surface area contributed by atoms with Gasteiger partial charge in [0.2, 0.25) is 0 Å². The van der Waals surface area contributed by atoms with E-state index in [-0.39, 0.29) is 16.9 Å². The van der Waals surface area contributed by atoms with Crippen molar-refractivity contribution in [3.05, 3.63) is 29.1 Å². The molecule has 0 aromatic heterocycles. The first-order chi connectivity index (χ1) is 15.7. The molecule has 5 saturated carbocycles. The van der Waals surface area contributed by atoms with Gasteiger partial charge in [-0.15, -0.1) is 0 Å². The molecular formula is C25H30FNO6. The van der Waals surface area contributed by atoms with Crippen LogP contribution < -0.4 is 10.1 Å². The van der Waals surface area contributed by atoms with Crippen molar-refractivity contribution in [3.63, 3.8) is 0 Å². The lowest BCUT2D eigenvalue weighted by Crippen LogP contribution is -2.48. The molecule has 1 aromatic rings. The zero-order valence-corrected chi connectivity index (χ0v) is 18.5. The van der Waals surface area contributed by atoms with Gasteiger partial charge in [0.05, 0.1) is 18.6 Å². The van der Waals surface area contributed by atoms with E-state index in [0.29, 0.717) is 12.4 Å². The molecule has 8 heteroatoms. The van der Waals surface area contributed by atoms with Crippen LogP contribution in [-0.2, 0) is 9.59 Å². The van der Waals surface area contributed by atoms with Gasteiger partial charge in [-0.05, 0) is 86.7 Å². The maximum atomic E-state index is 15.0. The Morgan fingerprint density at radius 1 is 1.06 bits per heavy atom. The number of ether oxygens (including phenoxy) is 1. The number of amides is 1. The first kappa shape index (κ1) is 22.2. The van der Waals surface area contributed by atoms with E-state index in [9.17, 15) is 23.9 Å². The summed E-state index contributed by atoms with van der Waals surface area (Å²) in [5, 5.41) is 20.2. The van der Waals surface area contributed by atoms with Gasteiger partial charge in [0.1, 0.15) is 17.6 Å².